The molecular weight excluding hydrogens is 254 g/mol. The maximum absolute atomic E-state index is 11.1. The molecule has 0 unspecified atom stereocenters. The summed E-state index contributed by atoms with van der Waals surface area (Å²) in [5.74, 6) is -0.490. The van der Waals surface area contributed by atoms with Gasteiger partial charge in [-0.3, -0.25) is 9.78 Å². The zero-order valence-electron chi connectivity index (χ0n) is 10.9. The van der Waals surface area contributed by atoms with Gasteiger partial charge in [0.25, 0.3) is 0 Å². The van der Waals surface area contributed by atoms with Gasteiger partial charge >= 0.3 is 5.97 Å². The number of esters is 1. The predicted octanol–water partition coefficient (Wildman–Crippen LogP) is 2.75. The number of benzene rings is 1. The quantitative estimate of drug-likeness (QED) is 0.485. The number of pyridine rings is 1. The molecule has 4 nitrogen and oxygen atoms in total. The second-order valence-corrected chi connectivity index (χ2v) is 4.04. The molecule has 0 fully saturated rings. The first kappa shape index (κ1) is 13.7. The Morgan fingerprint density at radius 3 is 2.60 bits per heavy atom. The first-order chi connectivity index (χ1) is 9.74. The number of carbonyl (C=O) groups excluding carboxylic acids is 2. The van der Waals surface area contributed by atoms with Crippen molar-refractivity contribution >= 4 is 18.3 Å². The summed E-state index contributed by atoms with van der Waals surface area (Å²) in [6, 6.07) is 11.4. The van der Waals surface area contributed by atoms with Crippen LogP contribution in [0.5, 0.6) is 0 Å². The lowest BCUT2D eigenvalue weighted by atomic mass is 10.0. The predicted molar refractivity (Wildman–Crippen MR) is 76.1 cm³/mol. The normalized spacial score (nSPS) is 10.4. The molecule has 0 amide bonds. The Morgan fingerprint density at radius 2 is 1.95 bits per heavy atom. The number of hydrogen-bond donors (Lipinski definition) is 0. The molecule has 0 radical (unpaired) electrons. The van der Waals surface area contributed by atoms with Gasteiger partial charge < -0.3 is 4.74 Å². The molecule has 0 bridgehead atoms. The third kappa shape index (κ3) is 3.17. The smallest absolute Gasteiger partial charge is 0.330 e. The van der Waals surface area contributed by atoms with Gasteiger partial charge in [-0.2, -0.15) is 0 Å². The van der Waals surface area contributed by atoms with Crippen LogP contribution in [0.3, 0.4) is 0 Å². The van der Waals surface area contributed by atoms with E-state index in [9.17, 15) is 9.59 Å². The highest BCUT2D eigenvalue weighted by Gasteiger charge is 2.05. The first-order valence-electron chi connectivity index (χ1n) is 6.01. The van der Waals surface area contributed by atoms with Gasteiger partial charge in [0.15, 0.2) is 6.29 Å². The van der Waals surface area contributed by atoms with E-state index in [1.165, 1.54) is 19.3 Å². The van der Waals surface area contributed by atoms with E-state index in [-0.39, 0.29) is 0 Å². The second-order valence-electron chi connectivity index (χ2n) is 4.04. The third-order valence-corrected chi connectivity index (χ3v) is 2.76. The number of aromatic nitrogens is 1. The Hall–Kier alpha value is -2.75. The molecule has 1 heterocycles. The van der Waals surface area contributed by atoms with E-state index in [2.05, 4.69) is 9.72 Å². The fourth-order valence-electron chi connectivity index (χ4n) is 1.73. The second kappa shape index (κ2) is 6.43. The zero-order valence-corrected chi connectivity index (χ0v) is 10.9. The minimum absolute atomic E-state index is 0.423. The average Bonchev–Trinajstić information content (AvgIpc) is 2.53. The lowest BCUT2D eigenvalue weighted by Crippen LogP contribution is -1.96. The molecule has 100 valence electrons. The Bertz CT molecular complexity index is 648. The lowest BCUT2D eigenvalue weighted by molar-refractivity contribution is -0.134. The van der Waals surface area contributed by atoms with Gasteiger partial charge in [0.05, 0.1) is 12.8 Å². The molecule has 2 rings (SSSR count). The van der Waals surface area contributed by atoms with Crippen LogP contribution in [0, 0.1) is 0 Å². The molecule has 0 aliphatic carbocycles. The van der Waals surface area contributed by atoms with Crippen molar-refractivity contribution in [1.29, 1.82) is 0 Å². The summed E-state index contributed by atoms with van der Waals surface area (Å²) >= 11 is 0. The molecule has 0 aliphatic rings. The van der Waals surface area contributed by atoms with E-state index in [1.54, 1.807) is 12.3 Å². The Labute approximate surface area is 116 Å². The number of aldehydes is 1. The van der Waals surface area contributed by atoms with Crippen LogP contribution in [0.15, 0.2) is 48.7 Å². The van der Waals surface area contributed by atoms with Gasteiger partial charge in [0, 0.05) is 23.4 Å². The highest BCUT2D eigenvalue weighted by molar-refractivity contribution is 5.90. The van der Waals surface area contributed by atoms with Crippen LogP contribution < -0.4 is 0 Å². The fourth-order valence-corrected chi connectivity index (χ4v) is 1.73. The maximum atomic E-state index is 11.1. The largest absolute Gasteiger partial charge is 0.466 e. The number of methoxy groups -OCH3 is 1. The lowest BCUT2D eigenvalue weighted by Gasteiger charge is -2.04. The van der Waals surface area contributed by atoms with Gasteiger partial charge in [0.1, 0.15) is 0 Å². The van der Waals surface area contributed by atoms with E-state index in [4.69, 9.17) is 0 Å². The molecule has 0 saturated heterocycles. The number of hydrogen-bond acceptors (Lipinski definition) is 4. The van der Waals surface area contributed by atoms with Gasteiger partial charge in [-0.05, 0) is 17.7 Å². The monoisotopic (exact) mass is 267 g/mol. The van der Waals surface area contributed by atoms with E-state index >= 15 is 0 Å². The van der Waals surface area contributed by atoms with E-state index in [0.29, 0.717) is 11.3 Å². The highest BCUT2D eigenvalue weighted by Crippen LogP contribution is 2.20. The number of carbonyl (C=O) groups is 2. The topological polar surface area (TPSA) is 56.3 Å². The summed E-state index contributed by atoms with van der Waals surface area (Å²) in [7, 11) is 1.29. The highest BCUT2D eigenvalue weighted by atomic mass is 16.5. The molecular formula is C16H13NO3. The van der Waals surface area contributed by atoms with Crippen LogP contribution in [0.2, 0.25) is 0 Å². The van der Waals surface area contributed by atoms with E-state index < -0.39 is 5.97 Å². The maximum Gasteiger partial charge on any atom is 0.330 e. The minimum Gasteiger partial charge on any atom is -0.466 e. The van der Waals surface area contributed by atoms with Crippen molar-refractivity contribution in [1.82, 2.24) is 4.98 Å². The van der Waals surface area contributed by atoms with Crippen LogP contribution in [-0.4, -0.2) is 24.3 Å². The van der Waals surface area contributed by atoms with Crippen molar-refractivity contribution < 1.29 is 14.3 Å². The van der Waals surface area contributed by atoms with Crippen LogP contribution in [-0.2, 0) is 9.53 Å². The SMILES string of the molecule is COC(=O)/C=C/c1ncc(-c2ccccc2)cc1C=O. The molecule has 1 aromatic heterocycles. The Balaban J connectivity index is 2.36. The minimum atomic E-state index is -0.490. The van der Waals surface area contributed by atoms with Crippen molar-refractivity contribution in [2.75, 3.05) is 7.11 Å². The molecule has 0 atom stereocenters. The van der Waals surface area contributed by atoms with Crippen molar-refractivity contribution in [3.8, 4) is 11.1 Å². The summed E-state index contributed by atoms with van der Waals surface area (Å²) in [5.41, 5.74) is 2.69. The van der Waals surface area contributed by atoms with Crippen molar-refractivity contribution in [2.45, 2.75) is 0 Å². The van der Waals surface area contributed by atoms with Crippen molar-refractivity contribution in [3.05, 3.63) is 59.9 Å². The summed E-state index contributed by atoms with van der Waals surface area (Å²) in [4.78, 5) is 26.4. The third-order valence-electron chi connectivity index (χ3n) is 2.76. The first-order valence-corrected chi connectivity index (χ1v) is 6.01. The summed E-state index contributed by atoms with van der Waals surface area (Å²) in [5, 5.41) is 0. The Kier molecular flexibility index (Phi) is 4.39. The zero-order chi connectivity index (χ0) is 14.4. The molecule has 1 aromatic carbocycles. The van der Waals surface area contributed by atoms with Gasteiger partial charge in [-0.1, -0.05) is 30.3 Å². The molecule has 0 spiro atoms. The van der Waals surface area contributed by atoms with Gasteiger partial charge in [-0.15, -0.1) is 0 Å². The number of nitrogens with zero attached hydrogens (tertiary/aromatic N) is 1. The van der Waals surface area contributed by atoms with Gasteiger partial charge in [-0.25, -0.2) is 4.79 Å². The summed E-state index contributed by atoms with van der Waals surface area (Å²) in [6.45, 7) is 0. The van der Waals surface area contributed by atoms with Crippen molar-refractivity contribution in [3.63, 3.8) is 0 Å². The van der Waals surface area contributed by atoms with Crippen LogP contribution >= 0.6 is 0 Å². The molecule has 0 aliphatic heterocycles. The summed E-state index contributed by atoms with van der Waals surface area (Å²) < 4.78 is 4.50. The van der Waals surface area contributed by atoms with Gasteiger partial charge in [0.2, 0.25) is 0 Å². The molecule has 0 N–H and O–H groups in total. The van der Waals surface area contributed by atoms with Crippen molar-refractivity contribution in [2.24, 2.45) is 0 Å². The fraction of sp³-hybridized carbons (Fsp3) is 0.0625. The van der Waals surface area contributed by atoms with Crippen LogP contribution in [0.25, 0.3) is 17.2 Å². The molecule has 0 saturated carbocycles. The Morgan fingerprint density at radius 1 is 1.20 bits per heavy atom. The standard InChI is InChI=1S/C16H13NO3/c1-20-16(19)8-7-15-14(11-18)9-13(10-17-15)12-5-3-2-4-6-12/h2-11H,1H3/b8-7+. The van der Waals surface area contributed by atoms with Crippen LogP contribution in [0.1, 0.15) is 16.1 Å². The number of rotatable bonds is 4. The van der Waals surface area contributed by atoms with E-state index in [1.807, 2.05) is 30.3 Å². The molecule has 20 heavy (non-hydrogen) atoms. The van der Waals surface area contributed by atoms with Crippen LogP contribution in [0.4, 0.5) is 0 Å². The summed E-state index contributed by atoms with van der Waals surface area (Å²) in [6.07, 6.45) is 5.08. The average molecular weight is 267 g/mol. The molecule has 2 aromatic rings. The van der Waals surface area contributed by atoms with E-state index in [0.717, 1.165) is 17.4 Å². The number of ether oxygens (including phenoxy) is 1. The molecule has 4 heteroatoms.